The van der Waals surface area contributed by atoms with Gasteiger partial charge < -0.3 is 24.8 Å². The van der Waals surface area contributed by atoms with Crippen LogP contribution in [-0.2, 0) is 4.74 Å². The Bertz CT molecular complexity index is 487. The van der Waals surface area contributed by atoms with Crippen LogP contribution in [0, 0.1) is 5.92 Å². The molecule has 0 aliphatic carbocycles. The Kier molecular flexibility index (Phi) is 6.33. The van der Waals surface area contributed by atoms with Crippen molar-refractivity contribution < 1.29 is 19.0 Å². The zero-order chi connectivity index (χ0) is 15.8. The minimum Gasteiger partial charge on any atom is -0.493 e. The molecule has 1 saturated heterocycles. The lowest BCUT2D eigenvalue weighted by Gasteiger charge is -2.21. The van der Waals surface area contributed by atoms with E-state index < -0.39 is 0 Å². The van der Waals surface area contributed by atoms with Crippen molar-refractivity contribution in [2.45, 2.75) is 19.3 Å². The minimum absolute atomic E-state index is 0.209. The molecule has 22 heavy (non-hydrogen) atoms. The molecule has 0 bridgehead atoms. The highest BCUT2D eigenvalue weighted by atomic mass is 16.5. The molecule has 0 unspecified atom stereocenters. The van der Waals surface area contributed by atoms with Gasteiger partial charge in [0.2, 0.25) is 0 Å². The van der Waals surface area contributed by atoms with E-state index in [-0.39, 0.29) is 6.03 Å². The number of hydrogen-bond donors (Lipinski definition) is 2. The summed E-state index contributed by atoms with van der Waals surface area (Å²) < 4.78 is 15.7. The number of amides is 2. The summed E-state index contributed by atoms with van der Waals surface area (Å²) in [5, 5.41) is 5.68. The molecule has 0 saturated carbocycles. The molecule has 1 fully saturated rings. The molecule has 1 aromatic rings. The Morgan fingerprint density at radius 2 is 1.95 bits per heavy atom. The molecular formula is C16H24N2O4. The van der Waals surface area contributed by atoms with Gasteiger partial charge in [0.05, 0.1) is 14.2 Å². The Morgan fingerprint density at radius 1 is 1.23 bits per heavy atom. The number of nitrogens with one attached hydrogen (secondary N) is 2. The molecule has 1 heterocycles. The topological polar surface area (TPSA) is 68.8 Å². The van der Waals surface area contributed by atoms with Crippen molar-refractivity contribution >= 4 is 11.7 Å². The molecule has 0 aromatic heterocycles. The molecule has 2 amide bonds. The third kappa shape index (κ3) is 4.80. The smallest absolute Gasteiger partial charge is 0.319 e. The first-order valence-electron chi connectivity index (χ1n) is 7.57. The summed E-state index contributed by atoms with van der Waals surface area (Å²) in [6.45, 7) is 2.34. The lowest BCUT2D eigenvalue weighted by atomic mass is 9.97. The lowest BCUT2D eigenvalue weighted by molar-refractivity contribution is 0.0642. The maximum atomic E-state index is 11.9. The summed E-state index contributed by atoms with van der Waals surface area (Å²) >= 11 is 0. The first kappa shape index (κ1) is 16.4. The molecule has 0 spiro atoms. The number of benzene rings is 1. The fraction of sp³-hybridized carbons (Fsp3) is 0.562. The van der Waals surface area contributed by atoms with E-state index in [1.807, 2.05) is 0 Å². The van der Waals surface area contributed by atoms with Gasteiger partial charge in [0, 0.05) is 31.5 Å². The molecule has 6 heteroatoms. The summed E-state index contributed by atoms with van der Waals surface area (Å²) in [4.78, 5) is 11.9. The Morgan fingerprint density at radius 3 is 2.64 bits per heavy atom. The van der Waals surface area contributed by atoms with Crippen molar-refractivity contribution in [1.29, 1.82) is 0 Å². The summed E-state index contributed by atoms with van der Waals surface area (Å²) in [6.07, 6.45) is 3.15. The van der Waals surface area contributed by atoms with Gasteiger partial charge in [0.15, 0.2) is 11.5 Å². The van der Waals surface area contributed by atoms with Gasteiger partial charge in [-0.2, -0.15) is 0 Å². The monoisotopic (exact) mass is 308 g/mol. The van der Waals surface area contributed by atoms with Gasteiger partial charge in [0.1, 0.15) is 0 Å². The third-order valence-corrected chi connectivity index (χ3v) is 3.82. The van der Waals surface area contributed by atoms with Crippen LogP contribution in [0.25, 0.3) is 0 Å². The van der Waals surface area contributed by atoms with E-state index >= 15 is 0 Å². The molecule has 1 aliphatic rings. The van der Waals surface area contributed by atoms with E-state index in [0.717, 1.165) is 32.5 Å². The van der Waals surface area contributed by atoms with Gasteiger partial charge in [-0.3, -0.25) is 0 Å². The first-order chi connectivity index (χ1) is 10.7. The normalized spacial score (nSPS) is 15.2. The molecule has 1 aromatic carbocycles. The van der Waals surface area contributed by atoms with Crippen LogP contribution in [0.2, 0.25) is 0 Å². The largest absolute Gasteiger partial charge is 0.493 e. The number of rotatable bonds is 6. The number of methoxy groups -OCH3 is 2. The average Bonchev–Trinajstić information content (AvgIpc) is 2.55. The van der Waals surface area contributed by atoms with Crippen molar-refractivity contribution in [2.75, 3.05) is 39.3 Å². The summed E-state index contributed by atoms with van der Waals surface area (Å²) in [5.74, 6) is 1.87. The van der Waals surface area contributed by atoms with Crippen molar-refractivity contribution in [2.24, 2.45) is 5.92 Å². The van der Waals surface area contributed by atoms with Crippen LogP contribution >= 0.6 is 0 Å². The predicted molar refractivity (Wildman–Crippen MR) is 84.7 cm³/mol. The van der Waals surface area contributed by atoms with Crippen LogP contribution in [0.3, 0.4) is 0 Å². The molecule has 0 radical (unpaired) electrons. The second-order valence-corrected chi connectivity index (χ2v) is 5.30. The Labute approximate surface area is 131 Å². The van der Waals surface area contributed by atoms with Gasteiger partial charge in [0.25, 0.3) is 0 Å². The Hall–Kier alpha value is -1.95. The van der Waals surface area contributed by atoms with E-state index in [1.165, 1.54) is 0 Å². The molecule has 2 N–H and O–H groups in total. The molecular weight excluding hydrogens is 284 g/mol. The van der Waals surface area contributed by atoms with Gasteiger partial charge in [-0.1, -0.05) is 0 Å². The highest BCUT2D eigenvalue weighted by Crippen LogP contribution is 2.29. The van der Waals surface area contributed by atoms with Crippen molar-refractivity contribution in [1.82, 2.24) is 5.32 Å². The number of anilines is 1. The fourth-order valence-corrected chi connectivity index (χ4v) is 2.51. The second kappa shape index (κ2) is 8.48. The van der Waals surface area contributed by atoms with E-state index in [0.29, 0.717) is 29.6 Å². The maximum absolute atomic E-state index is 11.9. The number of carbonyl (C=O) groups excluding carboxylic acids is 1. The number of carbonyl (C=O) groups is 1. The first-order valence-corrected chi connectivity index (χ1v) is 7.57. The second-order valence-electron chi connectivity index (χ2n) is 5.30. The van der Waals surface area contributed by atoms with Crippen LogP contribution in [0.5, 0.6) is 11.5 Å². The van der Waals surface area contributed by atoms with Crippen molar-refractivity contribution in [3.63, 3.8) is 0 Å². The van der Waals surface area contributed by atoms with Crippen LogP contribution in [0.4, 0.5) is 10.5 Å². The van der Waals surface area contributed by atoms with Gasteiger partial charge >= 0.3 is 6.03 Å². The zero-order valence-corrected chi connectivity index (χ0v) is 13.2. The van der Waals surface area contributed by atoms with Crippen LogP contribution in [-0.4, -0.2) is 40.0 Å². The van der Waals surface area contributed by atoms with Crippen molar-refractivity contribution in [3.05, 3.63) is 18.2 Å². The highest BCUT2D eigenvalue weighted by molar-refractivity contribution is 5.89. The lowest BCUT2D eigenvalue weighted by Crippen LogP contribution is -2.31. The quantitative estimate of drug-likeness (QED) is 0.847. The van der Waals surface area contributed by atoms with Gasteiger partial charge in [-0.05, 0) is 37.3 Å². The van der Waals surface area contributed by atoms with E-state index in [4.69, 9.17) is 14.2 Å². The van der Waals surface area contributed by atoms with Gasteiger partial charge in [-0.25, -0.2) is 4.79 Å². The molecule has 6 nitrogen and oxygen atoms in total. The maximum Gasteiger partial charge on any atom is 0.319 e. The number of hydrogen-bond acceptors (Lipinski definition) is 4. The third-order valence-electron chi connectivity index (χ3n) is 3.82. The predicted octanol–water partition coefficient (Wildman–Crippen LogP) is 2.64. The fourth-order valence-electron chi connectivity index (χ4n) is 2.51. The number of urea groups is 1. The van der Waals surface area contributed by atoms with E-state index in [1.54, 1.807) is 32.4 Å². The number of ether oxygens (including phenoxy) is 3. The summed E-state index contributed by atoms with van der Waals surface area (Å²) in [5.41, 5.74) is 0.668. The Balaban J connectivity index is 1.76. The van der Waals surface area contributed by atoms with Gasteiger partial charge in [-0.15, -0.1) is 0 Å². The molecule has 1 aliphatic heterocycles. The standard InChI is InChI=1S/C16H24N2O4/c1-20-14-4-3-13(11-15(14)21-2)18-16(19)17-8-5-12-6-9-22-10-7-12/h3-4,11-12H,5-10H2,1-2H3,(H2,17,18,19). The molecule has 2 rings (SSSR count). The average molecular weight is 308 g/mol. The van der Waals surface area contributed by atoms with Crippen LogP contribution in [0.15, 0.2) is 18.2 Å². The van der Waals surface area contributed by atoms with Crippen LogP contribution in [0.1, 0.15) is 19.3 Å². The summed E-state index contributed by atoms with van der Waals surface area (Å²) in [7, 11) is 3.14. The minimum atomic E-state index is -0.209. The SMILES string of the molecule is COc1ccc(NC(=O)NCCC2CCOCC2)cc1OC. The zero-order valence-electron chi connectivity index (χ0n) is 13.2. The molecule has 0 atom stereocenters. The van der Waals surface area contributed by atoms with Crippen molar-refractivity contribution in [3.8, 4) is 11.5 Å². The van der Waals surface area contributed by atoms with Crippen LogP contribution < -0.4 is 20.1 Å². The summed E-state index contributed by atoms with van der Waals surface area (Å²) in [6, 6.07) is 5.06. The molecule has 122 valence electrons. The van der Waals surface area contributed by atoms with E-state index in [2.05, 4.69) is 10.6 Å². The highest BCUT2D eigenvalue weighted by Gasteiger charge is 2.13. The van der Waals surface area contributed by atoms with E-state index in [9.17, 15) is 4.79 Å².